The Kier molecular flexibility index (Phi) is 5.45. The molecule has 0 atom stereocenters. The van der Waals surface area contributed by atoms with Crippen LogP contribution in [0.15, 0.2) is 0 Å². The number of nitrogens with zero attached hydrogens (tertiary/aromatic N) is 2. The second kappa shape index (κ2) is 6.93. The van der Waals surface area contributed by atoms with Crippen molar-refractivity contribution in [1.29, 1.82) is 0 Å². The molecule has 2 saturated heterocycles. The topological polar surface area (TPSA) is 79.0 Å². The Hall–Kier alpha value is -0.860. The standard InChI is InChI=1S/C13H25N3O4S/c1-14-13(17)15-7-3-11(4-8-15)20-12-5-9-16(10-6-12)21(2,18)19/h11-12H,3-10H2,1-2H3,(H,14,17). The number of sulfonamides is 1. The van der Waals surface area contributed by atoms with Gasteiger partial charge >= 0.3 is 6.03 Å². The van der Waals surface area contributed by atoms with Gasteiger partial charge < -0.3 is 15.0 Å². The van der Waals surface area contributed by atoms with E-state index in [1.54, 1.807) is 11.9 Å². The third-order valence-electron chi connectivity index (χ3n) is 4.20. The number of piperidine rings is 2. The average molecular weight is 319 g/mol. The van der Waals surface area contributed by atoms with Crippen LogP contribution in [0.3, 0.4) is 0 Å². The number of ether oxygens (including phenoxy) is 1. The van der Waals surface area contributed by atoms with E-state index in [0.29, 0.717) is 26.2 Å². The molecule has 0 unspecified atom stereocenters. The Morgan fingerprint density at radius 3 is 1.95 bits per heavy atom. The largest absolute Gasteiger partial charge is 0.375 e. The zero-order chi connectivity index (χ0) is 15.5. The van der Waals surface area contributed by atoms with Gasteiger partial charge in [0.2, 0.25) is 10.0 Å². The van der Waals surface area contributed by atoms with Crippen LogP contribution in [-0.2, 0) is 14.8 Å². The Morgan fingerprint density at radius 2 is 1.52 bits per heavy atom. The highest BCUT2D eigenvalue weighted by molar-refractivity contribution is 7.88. The van der Waals surface area contributed by atoms with Crippen molar-refractivity contribution in [2.24, 2.45) is 0 Å². The Labute approximate surface area is 126 Å². The smallest absolute Gasteiger partial charge is 0.317 e. The summed E-state index contributed by atoms with van der Waals surface area (Å²) < 4.78 is 30.5. The molecule has 0 radical (unpaired) electrons. The van der Waals surface area contributed by atoms with E-state index in [4.69, 9.17) is 4.74 Å². The van der Waals surface area contributed by atoms with Gasteiger partial charge in [-0.1, -0.05) is 0 Å². The molecule has 2 aliphatic rings. The first-order valence-corrected chi connectivity index (χ1v) is 9.32. The van der Waals surface area contributed by atoms with Gasteiger partial charge in [-0.05, 0) is 25.7 Å². The molecule has 0 aliphatic carbocycles. The first kappa shape index (κ1) is 16.5. The maximum absolute atomic E-state index is 11.5. The predicted octanol–water partition coefficient (Wildman–Crippen LogP) is 0.231. The number of carbonyl (C=O) groups excluding carboxylic acids is 1. The second-order valence-electron chi connectivity index (χ2n) is 5.74. The summed E-state index contributed by atoms with van der Waals surface area (Å²) in [4.78, 5) is 13.3. The molecule has 0 aromatic heterocycles. The first-order chi connectivity index (χ1) is 9.90. The summed E-state index contributed by atoms with van der Waals surface area (Å²) in [6.07, 6.45) is 4.77. The van der Waals surface area contributed by atoms with E-state index in [1.165, 1.54) is 10.6 Å². The van der Waals surface area contributed by atoms with E-state index in [0.717, 1.165) is 25.7 Å². The predicted molar refractivity (Wildman–Crippen MR) is 79.6 cm³/mol. The summed E-state index contributed by atoms with van der Waals surface area (Å²) in [7, 11) is -1.44. The van der Waals surface area contributed by atoms with Crippen molar-refractivity contribution in [3.05, 3.63) is 0 Å². The zero-order valence-corrected chi connectivity index (χ0v) is 13.6. The highest BCUT2D eigenvalue weighted by Crippen LogP contribution is 2.21. The SMILES string of the molecule is CNC(=O)N1CCC(OC2CCN(S(C)(=O)=O)CC2)CC1. The fourth-order valence-electron chi connectivity index (χ4n) is 2.93. The number of nitrogens with one attached hydrogen (secondary N) is 1. The number of amides is 2. The number of hydrogen-bond donors (Lipinski definition) is 1. The van der Waals surface area contributed by atoms with Gasteiger partial charge in [0.05, 0.1) is 18.5 Å². The molecule has 2 heterocycles. The molecule has 0 saturated carbocycles. The zero-order valence-electron chi connectivity index (χ0n) is 12.7. The van der Waals surface area contributed by atoms with Gasteiger partial charge in [-0.3, -0.25) is 0 Å². The lowest BCUT2D eigenvalue weighted by Gasteiger charge is -2.36. The van der Waals surface area contributed by atoms with Crippen LogP contribution in [0.4, 0.5) is 4.79 Å². The van der Waals surface area contributed by atoms with Gasteiger partial charge in [0, 0.05) is 33.2 Å². The Bertz CT molecular complexity index is 452. The third-order valence-corrected chi connectivity index (χ3v) is 5.50. The molecule has 122 valence electrons. The van der Waals surface area contributed by atoms with Crippen molar-refractivity contribution in [2.75, 3.05) is 39.5 Å². The van der Waals surface area contributed by atoms with Crippen LogP contribution < -0.4 is 5.32 Å². The number of likely N-dealkylation sites (tertiary alicyclic amines) is 1. The summed E-state index contributed by atoms with van der Waals surface area (Å²) in [6.45, 7) is 2.51. The fourth-order valence-corrected chi connectivity index (χ4v) is 3.80. The van der Waals surface area contributed by atoms with Crippen LogP contribution in [0.25, 0.3) is 0 Å². The monoisotopic (exact) mass is 319 g/mol. The average Bonchev–Trinajstić information content (AvgIpc) is 2.47. The van der Waals surface area contributed by atoms with Crippen molar-refractivity contribution in [1.82, 2.24) is 14.5 Å². The van der Waals surface area contributed by atoms with E-state index < -0.39 is 10.0 Å². The van der Waals surface area contributed by atoms with Crippen LogP contribution in [0.5, 0.6) is 0 Å². The van der Waals surface area contributed by atoms with Gasteiger partial charge in [0.15, 0.2) is 0 Å². The van der Waals surface area contributed by atoms with E-state index in [-0.39, 0.29) is 18.2 Å². The molecule has 2 aliphatic heterocycles. The first-order valence-electron chi connectivity index (χ1n) is 7.47. The molecular formula is C13H25N3O4S. The van der Waals surface area contributed by atoms with Crippen molar-refractivity contribution < 1.29 is 17.9 Å². The van der Waals surface area contributed by atoms with Crippen molar-refractivity contribution in [3.63, 3.8) is 0 Å². The van der Waals surface area contributed by atoms with E-state index in [2.05, 4.69) is 5.32 Å². The van der Waals surface area contributed by atoms with Crippen LogP contribution in [0, 0.1) is 0 Å². The minimum absolute atomic E-state index is 0.0325. The summed E-state index contributed by atoms with van der Waals surface area (Å²) in [6, 6.07) is -0.0325. The van der Waals surface area contributed by atoms with Gasteiger partial charge in [0.25, 0.3) is 0 Å². The van der Waals surface area contributed by atoms with Gasteiger partial charge in [0.1, 0.15) is 0 Å². The molecule has 8 heteroatoms. The molecule has 0 bridgehead atoms. The van der Waals surface area contributed by atoms with Gasteiger partial charge in [-0.15, -0.1) is 0 Å². The van der Waals surface area contributed by atoms with Crippen LogP contribution in [-0.4, -0.2) is 75.3 Å². The lowest BCUT2D eigenvalue weighted by atomic mass is 10.1. The van der Waals surface area contributed by atoms with Gasteiger partial charge in [-0.25, -0.2) is 17.5 Å². The van der Waals surface area contributed by atoms with E-state index in [9.17, 15) is 13.2 Å². The number of hydrogen-bond acceptors (Lipinski definition) is 4. The highest BCUT2D eigenvalue weighted by atomic mass is 32.2. The molecule has 2 amide bonds. The van der Waals surface area contributed by atoms with Crippen LogP contribution in [0.2, 0.25) is 0 Å². The molecule has 0 aromatic rings. The minimum Gasteiger partial charge on any atom is -0.375 e. The van der Waals surface area contributed by atoms with Crippen molar-refractivity contribution >= 4 is 16.1 Å². The molecule has 7 nitrogen and oxygen atoms in total. The second-order valence-corrected chi connectivity index (χ2v) is 7.72. The summed E-state index contributed by atoms with van der Waals surface area (Å²) in [5, 5.41) is 2.63. The lowest BCUT2D eigenvalue weighted by molar-refractivity contribution is -0.0545. The maximum atomic E-state index is 11.5. The number of urea groups is 1. The molecule has 2 rings (SSSR count). The molecular weight excluding hydrogens is 294 g/mol. The quantitative estimate of drug-likeness (QED) is 0.808. The van der Waals surface area contributed by atoms with Crippen molar-refractivity contribution in [3.8, 4) is 0 Å². The lowest BCUT2D eigenvalue weighted by Crippen LogP contribution is -2.46. The molecule has 1 N–H and O–H groups in total. The summed E-state index contributed by atoms with van der Waals surface area (Å²) in [5.74, 6) is 0. The van der Waals surface area contributed by atoms with Gasteiger partial charge in [-0.2, -0.15) is 0 Å². The summed E-state index contributed by atoms with van der Waals surface area (Å²) in [5.41, 5.74) is 0. The number of rotatable bonds is 3. The van der Waals surface area contributed by atoms with Crippen LogP contribution >= 0.6 is 0 Å². The van der Waals surface area contributed by atoms with Crippen LogP contribution in [0.1, 0.15) is 25.7 Å². The molecule has 0 aromatic carbocycles. The normalized spacial score (nSPS) is 23.2. The van der Waals surface area contributed by atoms with E-state index in [1.807, 2.05) is 0 Å². The molecule has 0 spiro atoms. The van der Waals surface area contributed by atoms with Crippen molar-refractivity contribution in [2.45, 2.75) is 37.9 Å². The minimum atomic E-state index is -3.08. The molecule has 21 heavy (non-hydrogen) atoms. The Morgan fingerprint density at radius 1 is 1.05 bits per heavy atom. The maximum Gasteiger partial charge on any atom is 0.317 e. The fraction of sp³-hybridized carbons (Fsp3) is 0.923. The number of carbonyl (C=O) groups is 1. The van der Waals surface area contributed by atoms with E-state index >= 15 is 0 Å². The summed E-state index contributed by atoms with van der Waals surface area (Å²) >= 11 is 0. The Balaban J connectivity index is 1.72. The molecule has 2 fully saturated rings. The highest BCUT2D eigenvalue weighted by Gasteiger charge is 2.29. The third kappa shape index (κ3) is 4.55.